The summed E-state index contributed by atoms with van der Waals surface area (Å²) in [5.74, 6) is 2.19. The van der Waals surface area contributed by atoms with Crippen molar-refractivity contribution in [2.45, 2.75) is 18.3 Å². The fourth-order valence-electron chi connectivity index (χ4n) is 3.26. The van der Waals surface area contributed by atoms with E-state index in [1.807, 2.05) is 59.5 Å². The molecule has 1 amide bonds. The second-order valence-electron chi connectivity index (χ2n) is 6.69. The van der Waals surface area contributed by atoms with Gasteiger partial charge in [-0.3, -0.25) is 4.79 Å². The van der Waals surface area contributed by atoms with Crippen molar-refractivity contribution in [3.05, 3.63) is 72.3 Å². The Morgan fingerprint density at radius 1 is 1.07 bits per heavy atom. The molecule has 0 radical (unpaired) electrons. The lowest BCUT2D eigenvalue weighted by Gasteiger charge is -2.17. The number of ether oxygens (including phenoxy) is 1. The van der Waals surface area contributed by atoms with Gasteiger partial charge in [-0.05, 0) is 17.7 Å². The first-order chi connectivity index (χ1) is 13.3. The normalized spacial score (nSPS) is 16.6. The first-order valence-electron chi connectivity index (χ1n) is 9.20. The molecule has 1 saturated heterocycles. The summed E-state index contributed by atoms with van der Waals surface area (Å²) in [6.45, 7) is 1.39. The third-order valence-corrected chi connectivity index (χ3v) is 5.68. The third-order valence-electron chi connectivity index (χ3n) is 4.70. The van der Waals surface area contributed by atoms with Gasteiger partial charge in [0.05, 0.1) is 17.8 Å². The largest absolute Gasteiger partial charge is 0.472 e. The molecule has 0 saturated carbocycles. The van der Waals surface area contributed by atoms with Gasteiger partial charge >= 0.3 is 0 Å². The predicted molar refractivity (Wildman–Crippen MR) is 110 cm³/mol. The van der Waals surface area contributed by atoms with Crippen LogP contribution in [0.25, 0.3) is 10.9 Å². The monoisotopic (exact) mass is 378 g/mol. The predicted octanol–water partition coefficient (Wildman–Crippen LogP) is 4.15. The standard InChI is InChI=1S/C22H22N2O2S/c25-22(16-27-15-17-6-2-1-3-7-17)24-13-12-19(14-24)26-21-11-10-18-8-4-5-9-20(18)23-21/h1-11,19H,12-16H2/t19-/m1/s1. The Bertz CT molecular complexity index is 916. The van der Waals surface area contributed by atoms with Crippen molar-refractivity contribution in [3.8, 4) is 5.88 Å². The van der Waals surface area contributed by atoms with E-state index in [4.69, 9.17) is 4.74 Å². The average molecular weight is 378 g/mol. The zero-order chi connectivity index (χ0) is 18.5. The second kappa shape index (κ2) is 8.44. The van der Waals surface area contributed by atoms with Gasteiger partial charge in [0.2, 0.25) is 11.8 Å². The maximum absolute atomic E-state index is 12.4. The van der Waals surface area contributed by atoms with Gasteiger partial charge in [-0.25, -0.2) is 4.98 Å². The number of para-hydroxylation sites is 1. The third kappa shape index (κ3) is 4.61. The lowest BCUT2D eigenvalue weighted by molar-refractivity contribution is -0.127. The highest BCUT2D eigenvalue weighted by Gasteiger charge is 2.27. The molecule has 0 aliphatic carbocycles. The number of hydrogen-bond acceptors (Lipinski definition) is 4. The fourth-order valence-corrected chi connectivity index (χ4v) is 4.14. The summed E-state index contributed by atoms with van der Waals surface area (Å²) in [6, 6.07) is 22.2. The number of hydrogen-bond donors (Lipinski definition) is 0. The second-order valence-corrected chi connectivity index (χ2v) is 7.67. The van der Waals surface area contributed by atoms with Gasteiger partial charge in [-0.2, -0.15) is 0 Å². The number of likely N-dealkylation sites (tertiary alicyclic amines) is 1. The number of thioether (sulfide) groups is 1. The minimum atomic E-state index is 0.0155. The first-order valence-corrected chi connectivity index (χ1v) is 10.4. The summed E-state index contributed by atoms with van der Waals surface area (Å²) >= 11 is 1.66. The van der Waals surface area contributed by atoms with E-state index >= 15 is 0 Å². The molecule has 0 unspecified atom stereocenters. The van der Waals surface area contributed by atoms with Crippen molar-refractivity contribution in [2.24, 2.45) is 0 Å². The molecule has 3 aromatic rings. The zero-order valence-corrected chi connectivity index (χ0v) is 15.9. The Morgan fingerprint density at radius 3 is 2.78 bits per heavy atom. The summed E-state index contributed by atoms with van der Waals surface area (Å²) in [5.41, 5.74) is 2.18. The summed E-state index contributed by atoms with van der Waals surface area (Å²) in [7, 11) is 0. The lowest BCUT2D eigenvalue weighted by Crippen LogP contribution is -2.32. The molecule has 138 valence electrons. The van der Waals surface area contributed by atoms with Crippen molar-refractivity contribution in [1.29, 1.82) is 0 Å². The molecule has 1 aliphatic heterocycles. The Hall–Kier alpha value is -2.53. The summed E-state index contributed by atoms with van der Waals surface area (Å²) < 4.78 is 6.03. The molecular formula is C22H22N2O2S. The van der Waals surface area contributed by atoms with Gasteiger partial charge in [0.1, 0.15) is 6.10 Å². The van der Waals surface area contributed by atoms with Crippen molar-refractivity contribution in [1.82, 2.24) is 9.88 Å². The number of nitrogens with zero attached hydrogens (tertiary/aromatic N) is 2. The topological polar surface area (TPSA) is 42.4 Å². The van der Waals surface area contributed by atoms with Crippen LogP contribution in [0.4, 0.5) is 0 Å². The van der Waals surface area contributed by atoms with Crippen molar-refractivity contribution < 1.29 is 9.53 Å². The number of pyridine rings is 1. The Kier molecular flexibility index (Phi) is 5.58. The van der Waals surface area contributed by atoms with E-state index in [0.29, 0.717) is 18.2 Å². The van der Waals surface area contributed by atoms with Crippen LogP contribution in [0.1, 0.15) is 12.0 Å². The maximum Gasteiger partial charge on any atom is 0.232 e. The van der Waals surface area contributed by atoms with Gasteiger partial charge in [-0.15, -0.1) is 11.8 Å². The quantitative estimate of drug-likeness (QED) is 0.646. The molecule has 4 nitrogen and oxygen atoms in total. The molecule has 0 N–H and O–H groups in total. The van der Waals surface area contributed by atoms with Crippen LogP contribution in [0, 0.1) is 0 Å². The van der Waals surface area contributed by atoms with Crippen LogP contribution in [-0.4, -0.2) is 40.7 Å². The molecule has 2 aromatic carbocycles. The van der Waals surface area contributed by atoms with Crippen LogP contribution in [0.15, 0.2) is 66.7 Å². The van der Waals surface area contributed by atoms with Gasteiger partial charge < -0.3 is 9.64 Å². The Balaban J connectivity index is 1.27. The van der Waals surface area contributed by atoms with Crippen LogP contribution in [0.3, 0.4) is 0 Å². The summed E-state index contributed by atoms with van der Waals surface area (Å²) in [6.07, 6.45) is 0.866. The first kappa shape index (κ1) is 17.9. The SMILES string of the molecule is O=C(CSCc1ccccc1)N1CC[C@@H](Oc2ccc3ccccc3n2)C1. The molecular weight excluding hydrogens is 356 g/mol. The molecule has 0 bridgehead atoms. The van der Waals surface area contributed by atoms with E-state index in [1.54, 1.807) is 11.8 Å². The Labute approximate surface area is 163 Å². The minimum absolute atomic E-state index is 0.0155. The van der Waals surface area contributed by atoms with E-state index in [9.17, 15) is 4.79 Å². The molecule has 5 heteroatoms. The number of benzene rings is 2. The maximum atomic E-state index is 12.4. The van der Waals surface area contributed by atoms with Gasteiger partial charge in [-0.1, -0.05) is 48.5 Å². The number of carbonyl (C=O) groups is 1. The van der Waals surface area contributed by atoms with Crippen LogP contribution in [0.2, 0.25) is 0 Å². The van der Waals surface area contributed by atoms with Crippen molar-refractivity contribution >= 4 is 28.6 Å². The van der Waals surface area contributed by atoms with E-state index in [-0.39, 0.29) is 12.0 Å². The molecule has 27 heavy (non-hydrogen) atoms. The number of fused-ring (bicyclic) bond motifs is 1. The summed E-state index contributed by atoms with van der Waals surface area (Å²) in [5, 5.41) is 1.10. The van der Waals surface area contributed by atoms with Gasteiger partial charge in [0, 0.05) is 30.2 Å². The molecule has 1 aliphatic rings. The molecule has 1 aromatic heterocycles. The average Bonchev–Trinajstić information content (AvgIpc) is 3.17. The molecule has 1 atom stereocenters. The smallest absolute Gasteiger partial charge is 0.232 e. The van der Waals surface area contributed by atoms with E-state index in [1.165, 1.54) is 5.56 Å². The zero-order valence-electron chi connectivity index (χ0n) is 15.1. The van der Waals surface area contributed by atoms with Crippen LogP contribution < -0.4 is 4.74 Å². The number of carbonyl (C=O) groups excluding carboxylic acids is 1. The molecule has 2 heterocycles. The number of rotatable bonds is 6. The van der Waals surface area contributed by atoms with E-state index in [2.05, 4.69) is 17.1 Å². The van der Waals surface area contributed by atoms with Crippen LogP contribution >= 0.6 is 11.8 Å². The lowest BCUT2D eigenvalue weighted by atomic mass is 10.2. The molecule has 0 spiro atoms. The highest BCUT2D eigenvalue weighted by Crippen LogP contribution is 2.21. The van der Waals surface area contributed by atoms with Gasteiger partial charge in [0.25, 0.3) is 0 Å². The van der Waals surface area contributed by atoms with Crippen molar-refractivity contribution in [2.75, 3.05) is 18.8 Å². The highest BCUT2D eigenvalue weighted by molar-refractivity contribution is 7.99. The van der Waals surface area contributed by atoms with E-state index < -0.39 is 0 Å². The van der Waals surface area contributed by atoms with Gasteiger partial charge in [0.15, 0.2) is 0 Å². The molecule has 1 fully saturated rings. The van der Waals surface area contributed by atoms with Crippen molar-refractivity contribution in [3.63, 3.8) is 0 Å². The Morgan fingerprint density at radius 2 is 1.89 bits per heavy atom. The highest BCUT2D eigenvalue weighted by atomic mass is 32.2. The number of amides is 1. The summed E-state index contributed by atoms with van der Waals surface area (Å²) in [4.78, 5) is 18.9. The molecule has 4 rings (SSSR count). The van der Waals surface area contributed by atoms with Crippen LogP contribution in [-0.2, 0) is 10.5 Å². The fraction of sp³-hybridized carbons (Fsp3) is 0.273. The number of aromatic nitrogens is 1. The van der Waals surface area contributed by atoms with Crippen LogP contribution in [0.5, 0.6) is 5.88 Å². The van der Waals surface area contributed by atoms with E-state index in [0.717, 1.165) is 29.6 Å². The minimum Gasteiger partial charge on any atom is -0.472 e.